The van der Waals surface area contributed by atoms with Gasteiger partial charge in [-0.25, -0.2) is 0 Å². The zero-order valence-electron chi connectivity index (χ0n) is 10.9. The van der Waals surface area contributed by atoms with Gasteiger partial charge in [-0.05, 0) is 12.5 Å². The number of nitrogens with zero attached hydrogens (tertiary/aromatic N) is 3. The first kappa shape index (κ1) is 12.1. The van der Waals surface area contributed by atoms with Crippen LogP contribution in [0.25, 0.3) is 0 Å². The summed E-state index contributed by atoms with van der Waals surface area (Å²) in [5, 5.41) is 4.41. The van der Waals surface area contributed by atoms with Crippen molar-refractivity contribution in [3.63, 3.8) is 0 Å². The Hall–Kier alpha value is -0.910. The van der Waals surface area contributed by atoms with Gasteiger partial charge < -0.3 is 9.47 Å². The first-order valence-electron chi connectivity index (χ1n) is 6.68. The highest BCUT2D eigenvalue weighted by molar-refractivity contribution is 5.03. The first-order valence-corrected chi connectivity index (χ1v) is 6.68. The lowest BCUT2D eigenvalue weighted by Gasteiger charge is -2.28. The van der Waals surface area contributed by atoms with E-state index in [1.54, 1.807) is 7.11 Å². The number of hydrogen-bond donors (Lipinski definition) is 0. The standard InChI is InChI=1S/C13H21N3O2/c1-17-9-11-6-15(13-3-5-18-10-13)8-12-2-4-14-16(12)7-11/h2,4,11,13H,3,5-10H2,1H3/t11-,13+/m1/s1. The molecule has 0 radical (unpaired) electrons. The largest absolute Gasteiger partial charge is 0.384 e. The van der Waals surface area contributed by atoms with Crippen molar-refractivity contribution < 1.29 is 9.47 Å². The zero-order valence-corrected chi connectivity index (χ0v) is 10.9. The molecule has 1 aromatic heterocycles. The molecular formula is C13H21N3O2. The zero-order chi connectivity index (χ0) is 12.4. The highest BCUT2D eigenvalue weighted by atomic mass is 16.5. The molecule has 0 N–H and O–H groups in total. The molecule has 1 saturated heterocycles. The molecule has 0 unspecified atom stereocenters. The maximum atomic E-state index is 5.52. The molecule has 2 aliphatic rings. The second kappa shape index (κ2) is 5.38. The average Bonchev–Trinajstić information content (AvgIpc) is 2.99. The molecular weight excluding hydrogens is 230 g/mol. The molecule has 0 amide bonds. The lowest BCUT2D eigenvalue weighted by Crippen LogP contribution is -2.38. The van der Waals surface area contributed by atoms with Gasteiger partial charge in [0.1, 0.15) is 0 Å². The Kier molecular flexibility index (Phi) is 3.63. The van der Waals surface area contributed by atoms with Gasteiger partial charge in [0.2, 0.25) is 0 Å². The number of hydrogen-bond acceptors (Lipinski definition) is 4. The summed E-state index contributed by atoms with van der Waals surface area (Å²) in [6.45, 7) is 5.58. The Morgan fingerprint density at radius 3 is 3.22 bits per heavy atom. The molecule has 5 heteroatoms. The summed E-state index contributed by atoms with van der Waals surface area (Å²) < 4.78 is 13.0. The molecule has 2 atom stereocenters. The van der Waals surface area contributed by atoms with Crippen LogP contribution in [0.3, 0.4) is 0 Å². The van der Waals surface area contributed by atoms with Gasteiger partial charge in [0.15, 0.2) is 0 Å². The van der Waals surface area contributed by atoms with E-state index in [9.17, 15) is 0 Å². The van der Waals surface area contributed by atoms with E-state index < -0.39 is 0 Å². The fraction of sp³-hybridized carbons (Fsp3) is 0.769. The van der Waals surface area contributed by atoms with Gasteiger partial charge in [-0.2, -0.15) is 5.10 Å². The van der Waals surface area contributed by atoms with Crippen LogP contribution < -0.4 is 0 Å². The summed E-state index contributed by atoms with van der Waals surface area (Å²) in [6.07, 6.45) is 3.04. The van der Waals surface area contributed by atoms with Crippen molar-refractivity contribution in [1.82, 2.24) is 14.7 Å². The topological polar surface area (TPSA) is 39.5 Å². The van der Waals surface area contributed by atoms with E-state index in [4.69, 9.17) is 9.47 Å². The van der Waals surface area contributed by atoms with Crippen molar-refractivity contribution in [2.75, 3.05) is 33.5 Å². The molecule has 3 heterocycles. The van der Waals surface area contributed by atoms with Gasteiger partial charge in [0.05, 0.1) is 18.9 Å². The van der Waals surface area contributed by atoms with Gasteiger partial charge >= 0.3 is 0 Å². The average molecular weight is 251 g/mol. The predicted molar refractivity (Wildman–Crippen MR) is 67.2 cm³/mol. The van der Waals surface area contributed by atoms with Crippen LogP contribution in [0.5, 0.6) is 0 Å². The minimum absolute atomic E-state index is 0.511. The van der Waals surface area contributed by atoms with E-state index in [2.05, 4.69) is 20.7 Å². The summed E-state index contributed by atoms with van der Waals surface area (Å²) in [4.78, 5) is 2.54. The molecule has 18 heavy (non-hydrogen) atoms. The van der Waals surface area contributed by atoms with E-state index in [0.29, 0.717) is 12.0 Å². The van der Waals surface area contributed by atoms with E-state index in [0.717, 1.165) is 45.9 Å². The van der Waals surface area contributed by atoms with Gasteiger partial charge in [0, 0.05) is 51.5 Å². The molecule has 100 valence electrons. The molecule has 0 aliphatic carbocycles. The van der Waals surface area contributed by atoms with Crippen LogP contribution in [-0.4, -0.2) is 54.2 Å². The Morgan fingerprint density at radius 2 is 2.44 bits per heavy atom. The number of ether oxygens (including phenoxy) is 2. The Balaban J connectivity index is 1.78. The second-order valence-electron chi connectivity index (χ2n) is 5.27. The number of fused-ring (bicyclic) bond motifs is 1. The van der Waals surface area contributed by atoms with Crippen LogP contribution in [0.1, 0.15) is 12.1 Å². The smallest absolute Gasteiger partial charge is 0.0622 e. The molecule has 3 rings (SSSR count). The lowest BCUT2D eigenvalue weighted by molar-refractivity contribution is 0.0898. The maximum Gasteiger partial charge on any atom is 0.0622 e. The SMILES string of the molecule is COC[C@@H]1CN([C@H]2CCOC2)Cc2ccnn2C1. The van der Waals surface area contributed by atoms with Crippen molar-refractivity contribution in [2.24, 2.45) is 5.92 Å². The van der Waals surface area contributed by atoms with Crippen molar-refractivity contribution in [3.8, 4) is 0 Å². The Bertz CT molecular complexity index is 387. The number of rotatable bonds is 3. The summed E-state index contributed by atoms with van der Waals surface area (Å²) in [6, 6.07) is 2.68. The van der Waals surface area contributed by atoms with Gasteiger partial charge in [0.25, 0.3) is 0 Å². The fourth-order valence-electron chi connectivity index (χ4n) is 2.99. The minimum Gasteiger partial charge on any atom is -0.384 e. The van der Waals surface area contributed by atoms with Crippen molar-refractivity contribution in [3.05, 3.63) is 18.0 Å². The summed E-state index contributed by atoms with van der Waals surface area (Å²) in [5.74, 6) is 0.511. The van der Waals surface area contributed by atoms with E-state index in [1.165, 1.54) is 5.69 Å². The highest BCUT2D eigenvalue weighted by Crippen LogP contribution is 2.21. The van der Waals surface area contributed by atoms with Gasteiger partial charge in [-0.3, -0.25) is 9.58 Å². The molecule has 5 nitrogen and oxygen atoms in total. The second-order valence-corrected chi connectivity index (χ2v) is 5.27. The monoisotopic (exact) mass is 251 g/mol. The molecule has 0 aromatic carbocycles. The van der Waals surface area contributed by atoms with Crippen LogP contribution in [0.4, 0.5) is 0 Å². The van der Waals surface area contributed by atoms with Crippen LogP contribution in [-0.2, 0) is 22.6 Å². The Morgan fingerprint density at radius 1 is 1.50 bits per heavy atom. The molecule has 0 spiro atoms. The fourth-order valence-corrected chi connectivity index (χ4v) is 2.99. The number of methoxy groups -OCH3 is 1. The normalized spacial score (nSPS) is 29.2. The van der Waals surface area contributed by atoms with Crippen molar-refractivity contribution >= 4 is 0 Å². The molecule has 0 bridgehead atoms. The van der Waals surface area contributed by atoms with Crippen molar-refractivity contribution in [2.45, 2.75) is 25.6 Å². The summed E-state index contributed by atoms with van der Waals surface area (Å²) in [7, 11) is 1.78. The maximum absolute atomic E-state index is 5.52. The van der Waals surface area contributed by atoms with E-state index in [-0.39, 0.29) is 0 Å². The summed E-state index contributed by atoms with van der Waals surface area (Å²) >= 11 is 0. The third-order valence-corrected chi connectivity index (χ3v) is 3.92. The van der Waals surface area contributed by atoms with Crippen LogP contribution in [0, 0.1) is 5.92 Å². The van der Waals surface area contributed by atoms with Crippen LogP contribution >= 0.6 is 0 Å². The quantitative estimate of drug-likeness (QED) is 0.795. The van der Waals surface area contributed by atoms with Gasteiger partial charge in [-0.1, -0.05) is 0 Å². The van der Waals surface area contributed by atoms with Crippen LogP contribution in [0.2, 0.25) is 0 Å². The summed E-state index contributed by atoms with van der Waals surface area (Å²) in [5.41, 5.74) is 1.31. The Labute approximate surface area is 108 Å². The first-order chi connectivity index (χ1) is 8.86. The lowest BCUT2D eigenvalue weighted by atomic mass is 10.1. The molecule has 0 saturated carbocycles. The number of aromatic nitrogens is 2. The third kappa shape index (κ3) is 2.43. The predicted octanol–water partition coefficient (Wildman–Crippen LogP) is 0.750. The third-order valence-electron chi connectivity index (χ3n) is 3.92. The van der Waals surface area contributed by atoms with E-state index >= 15 is 0 Å². The highest BCUT2D eigenvalue weighted by Gasteiger charge is 2.29. The van der Waals surface area contributed by atoms with Gasteiger partial charge in [-0.15, -0.1) is 0 Å². The van der Waals surface area contributed by atoms with Crippen molar-refractivity contribution in [1.29, 1.82) is 0 Å². The van der Waals surface area contributed by atoms with E-state index in [1.807, 2.05) is 6.20 Å². The van der Waals surface area contributed by atoms with Crippen LogP contribution in [0.15, 0.2) is 12.3 Å². The molecule has 1 aromatic rings. The molecule has 2 aliphatic heterocycles. The minimum atomic E-state index is 0.511. The molecule has 1 fully saturated rings.